The summed E-state index contributed by atoms with van der Waals surface area (Å²) in [6.07, 6.45) is 3.04. The Labute approximate surface area is 115 Å². The van der Waals surface area contributed by atoms with Crippen LogP contribution in [0.3, 0.4) is 0 Å². The molecule has 1 atom stereocenters. The monoisotopic (exact) mass is 260 g/mol. The SMILES string of the molecule is Cc1ccc(CCNC(=O)C2CCCNC2)c(C)c1. The molecule has 0 aliphatic carbocycles. The summed E-state index contributed by atoms with van der Waals surface area (Å²) in [5, 5.41) is 6.34. The fraction of sp³-hybridized carbons (Fsp3) is 0.562. The molecule has 0 radical (unpaired) electrons. The van der Waals surface area contributed by atoms with Crippen molar-refractivity contribution < 1.29 is 4.79 Å². The highest BCUT2D eigenvalue weighted by Gasteiger charge is 2.20. The molecule has 1 saturated heterocycles. The van der Waals surface area contributed by atoms with Gasteiger partial charge in [-0.2, -0.15) is 0 Å². The Morgan fingerprint density at radius 1 is 1.42 bits per heavy atom. The van der Waals surface area contributed by atoms with E-state index in [1.54, 1.807) is 0 Å². The number of piperidine rings is 1. The van der Waals surface area contributed by atoms with E-state index in [0.29, 0.717) is 0 Å². The molecule has 1 amide bonds. The number of carbonyl (C=O) groups excluding carboxylic acids is 1. The summed E-state index contributed by atoms with van der Waals surface area (Å²) in [6, 6.07) is 6.50. The van der Waals surface area contributed by atoms with Crippen molar-refractivity contribution in [2.24, 2.45) is 5.92 Å². The lowest BCUT2D eigenvalue weighted by atomic mass is 9.98. The van der Waals surface area contributed by atoms with Crippen LogP contribution >= 0.6 is 0 Å². The molecule has 2 rings (SSSR count). The lowest BCUT2D eigenvalue weighted by Gasteiger charge is -2.22. The molecule has 0 bridgehead atoms. The van der Waals surface area contributed by atoms with Crippen LogP contribution in [0.15, 0.2) is 18.2 Å². The quantitative estimate of drug-likeness (QED) is 0.869. The number of aryl methyl sites for hydroxylation is 2. The number of rotatable bonds is 4. The molecule has 0 aromatic heterocycles. The Hall–Kier alpha value is -1.35. The first-order valence-electron chi connectivity index (χ1n) is 7.21. The molecule has 1 aromatic rings. The molecule has 1 aromatic carbocycles. The van der Waals surface area contributed by atoms with E-state index < -0.39 is 0 Å². The molecule has 104 valence electrons. The normalized spacial score (nSPS) is 19.2. The lowest BCUT2D eigenvalue weighted by molar-refractivity contribution is -0.125. The van der Waals surface area contributed by atoms with Gasteiger partial charge in [0, 0.05) is 13.1 Å². The number of nitrogens with one attached hydrogen (secondary N) is 2. The van der Waals surface area contributed by atoms with E-state index in [4.69, 9.17) is 0 Å². The zero-order valence-corrected chi connectivity index (χ0v) is 12.0. The molecule has 1 unspecified atom stereocenters. The van der Waals surface area contributed by atoms with Crippen molar-refractivity contribution in [3.63, 3.8) is 0 Å². The predicted molar refractivity (Wildman–Crippen MR) is 78.2 cm³/mol. The molecular formula is C16H24N2O. The molecule has 1 aliphatic heterocycles. The highest BCUT2D eigenvalue weighted by Crippen LogP contribution is 2.12. The van der Waals surface area contributed by atoms with Gasteiger partial charge in [-0.15, -0.1) is 0 Å². The minimum atomic E-state index is 0.160. The maximum Gasteiger partial charge on any atom is 0.224 e. The molecule has 0 saturated carbocycles. The molecule has 3 nitrogen and oxygen atoms in total. The van der Waals surface area contributed by atoms with Gasteiger partial charge in [0.2, 0.25) is 5.91 Å². The first-order chi connectivity index (χ1) is 9.16. The van der Waals surface area contributed by atoms with Crippen LogP contribution in [0.1, 0.15) is 29.5 Å². The molecule has 0 spiro atoms. The van der Waals surface area contributed by atoms with Crippen molar-refractivity contribution in [1.29, 1.82) is 0 Å². The average Bonchev–Trinajstić information content (AvgIpc) is 2.42. The maximum absolute atomic E-state index is 12.0. The largest absolute Gasteiger partial charge is 0.355 e. The minimum absolute atomic E-state index is 0.160. The van der Waals surface area contributed by atoms with E-state index in [0.717, 1.165) is 38.9 Å². The molecule has 1 heterocycles. The van der Waals surface area contributed by atoms with Crippen LogP contribution < -0.4 is 10.6 Å². The van der Waals surface area contributed by atoms with Gasteiger partial charge in [0.05, 0.1) is 5.92 Å². The number of hydrogen-bond acceptors (Lipinski definition) is 2. The maximum atomic E-state index is 12.0. The Bertz CT molecular complexity index is 436. The van der Waals surface area contributed by atoms with Crippen LogP contribution in [0, 0.1) is 19.8 Å². The van der Waals surface area contributed by atoms with Crippen molar-refractivity contribution in [2.45, 2.75) is 33.1 Å². The van der Waals surface area contributed by atoms with Crippen LogP contribution in [-0.2, 0) is 11.2 Å². The van der Waals surface area contributed by atoms with E-state index in [-0.39, 0.29) is 11.8 Å². The summed E-state index contributed by atoms with van der Waals surface area (Å²) in [4.78, 5) is 12.0. The topological polar surface area (TPSA) is 41.1 Å². The summed E-state index contributed by atoms with van der Waals surface area (Å²) in [7, 11) is 0. The van der Waals surface area contributed by atoms with Crippen LogP contribution in [0.2, 0.25) is 0 Å². The number of amides is 1. The van der Waals surface area contributed by atoms with Gasteiger partial charge in [-0.3, -0.25) is 4.79 Å². The fourth-order valence-electron chi connectivity index (χ4n) is 2.67. The zero-order chi connectivity index (χ0) is 13.7. The Morgan fingerprint density at radius 3 is 2.95 bits per heavy atom. The predicted octanol–water partition coefficient (Wildman–Crippen LogP) is 1.96. The van der Waals surface area contributed by atoms with Crippen molar-refractivity contribution >= 4 is 5.91 Å². The zero-order valence-electron chi connectivity index (χ0n) is 12.0. The number of carbonyl (C=O) groups is 1. The second-order valence-electron chi connectivity index (χ2n) is 5.51. The first-order valence-corrected chi connectivity index (χ1v) is 7.21. The summed E-state index contributed by atoms with van der Waals surface area (Å²) >= 11 is 0. The van der Waals surface area contributed by atoms with Crippen LogP contribution in [0.5, 0.6) is 0 Å². The summed E-state index contributed by atoms with van der Waals surface area (Å²) in [6.45, 7) is 6.85. The highest BCUT2D eigenvalue weighted by molar-refractivity contribution is 5.78. The lowest BCUT2D eigenvalue weighted by Crippen LogP contribution is -2.41. The standard InChI is InChI=1S/C16H24N2O/c1-12-5-6-14(13(2)10-12)7-9-18-16(19)15-4-3-8-17-11-15/h5-6,10,15,17H,3-4,7-9,11H2,1-2H3,(H,18,19). The van der Waals surface area contributed by atoms with E-state index in [1.807, 2.05) is 0 Å². The summed E-state index contributed by atoms with van der Waals surface area (Å²) in [5.74, 6) is 0.366. The van der Waals surface area contributed by atoms with Crippen LogP contribution in [-0.4, -0.2) is 25.5 Å². The van der Waals surface area contributed by atoms with Gasteiger partial charge in [-0.1, -0.05) is 23.8 Å². The fourth-order valence-corrected chi connectivity index (χ4v) is 2.67. The Kier molecular flexibility index (Phi) is 4.97. The van der Waals surface area contributed by atoms with Crippen LogP contribution in [0.4, 0.5) is 0 Å². The number of benzene rings is 1. The molecule has 19 heavy (non-hydrogen) atoms. The molecule has 2 N–H and O–H groups in total. The van der Waals surface area contributed by atoms with Crippen molar-refractivity contribution in [1.82, 2.24) is 10.6 Å². The molecule has 1 aliphatic rings. The van der Waals surface area contributed by atoms with Gasteiger partial charge in [0.25, 0.3) is 0 Å². The third-order valence-corrected chi connectivity index (χ3v) is 3.86. The first kappa shape index (κ1) is 14.1. The second-order valence-corrected chi connectivity index (χ2v) is 5.51. The summed E-state index contributed by atoms with van der Waals surface area (Å²) < 4.78 is 0. The van der Waals surface area contributed by atoms with E-state index in [2.05, 4.69) is 42.7 Å². The van der Waals surface area contributed by atoms with Gasteiger partial charge in [0.1, 0.15) is 0 Å². The highest BCUT2D eigenvalue weighted by atomic mass is 16.1. The minimum Gasteiger partial charge on any atom is -0.355 e. The van der Waals surface area contributed by atoms with Crippen molar-refractivity contribution in [3.8, 4) is 0 Å². The second kappa shape index (κ2) is 6.71. The van der Waals surface area contributed by atoms with Gasteiger partial charge < -0.3 is 10.6 Å². The molecule has 3 heteroatoms. The smallest absolute Gasteiger partial charge is 0.224 e. The molecular weight excluding hydrogens is 236 g/mol. The van der Waals surface area contributed by atoms with Gasteiger partial charge in [0.15, 0.2) is 0 Å². The van der Waals surface area contributed by atoms with Crippen molar-refractivity contribution in [2.75, 3.05) is 19.6 Å². The van der Waals surface area contributed by atoms with Crippen LogP contribution in [0.25, 0.3) is 0 Å². The van der Waals surface area contributed by atoms with E-state index in [9.17, 15) is 4.79 Å². The number of hydrogen-bond donors (Lipinski definition) is 2. The van der Waals surface area contributed by atoms with Gasteiger partial charge >= 0.3 is 0 Å². The van der Waals surface area contributed by atoms with E-state index in [1.165, 1.54) is 16.7 Å². The van der Waals surface area contributed by atoms with E-state index >= 15 is 0 Å². The Balaban J connectivity index is 1.78. The molecule has 1 fully saturated rings. The van der Waals surface area contributed by atoms with Gasteiger partial charge in [-0.25, -0.2) is 0 Å². The summed E-state index contributed by atoms with van der Waals surface area (Å²) in [5.41, 5.74) is 3.93. The average molecular weight is 260 g/mol. The van der Waals surface area contributed by atoms with Gasteiger partial charge in [-0.05, 0) is 50.8 Å². The Morgan fingerprint density at radius 2 is 2.26 bits per heavy atom. The third kappa shape index (κ3) is 4.06. The van der Waals surface area contributed by atoms with Crippen molar-refractivity contribution in [3.05, 3.63) is 34.9 Å². The third-order valence-electron chi connectivity index (χ3n) is 3.86.